The van der Waals surface area contributed by atoms with Gasteiger partial charge in [-0.1, -0.05) is 30.3 Å². The van der Waals surface area contributed by atoms with Crippen molar-refractivity contribution in [2.45, 2.75) is 19.1 Å². The minimum Gasteiger partial charge on any atom is -0.354 e. The van der Waals surface area contributed by atoms with Gasteiger partial charge < -0.3 is 5.32 Å². The Balaban J connectivity index is 1.58. The van der Waals surface area contributed by atoms with Gasteiger partial charge in [0.1, 0.15) is 17.8 Å². The largest absolute Gasteiger partial charge is 0.490 e. The third kappa shape index (κ3) is 4.93. The summed E-state index contributed by atoms with van der Waals surface area (Å²) in [6, 6.07) is 16.5. The van der Waals surface area contributed by atoms with E-state index in [4.69, 9.17) is 0 Å². The van der Waals surface area contributed by atoms with E-state index in [9.17, 15) is 17.6 Å². The summed E-state index contributed by atoms with van der Waals surface area (Å²) in [5.41, 5.74) is 1.41. The fourth-order valence-corrected chi connectivity index (χ4v) is 3.32. The molecule has 1 N–H and O–H groups in total. The highest BCUT2D eigenvalue weighted by Gasteiger charge is 2.35. The Morgan fingerprint density at radius 2 is 1.66 bits per heavy atom. The number of nitrogens with zero attached hydrogens (tertiary/aromatic N) is 4. The van der Waals surface area contributed by atoms with Crippen LogP contribution in [0.25, 0.3) is 22.6 Å². The lowest BCUT2D eigenvalue weighted by Gasteiger charge is -2.13. The topological polar surface area (TPSA) is 55.6 Å². The minimum absolute atomic E-state index is 0.0519. The van der Waals surface area contributed by atoms with E-state index in [1.165, 1.54) is 42.1 Å². The van der Waals surface area contributed by atoms with Crippen LogP contribution in [0.4, 0.5) is 23.5 Å². The molecule has 0 saturated carbocycles. The van der Waals surface area contributed by atoms with Gasteiger partial charge in [0.05, 0.1) is 11.4 Å². The zero-order valence-electron chi connectivity index (χ0n) is 16.9. The summed E-state index contributed by atoms with van der Waals surface area (Å²) >= 11 is 0. The summed E-state index contributed by atoms with van der Waals surface area (Å²) in [5, 5.41) is 3.06. The second-order valence-electron chi connectivity index (χ2n) is 7.07. The van der Waals surface area contributed by atoms with Crippen molar-refractivity contribution >= 4 is 5.95 Å². The lowest BCUT2D eigenvalue weighted by Crippen LogP contribution is -2.17. The summed E-state index contributed by atoms with van der Waals surface area (Å²) in [6.45, 7) is 0.557. The van der Waals surface area contributed by atoms with Crippen LogP contribution in [-0.4, -0.2) is 26.1 Å². The van der Waals surface area contributed by atoms with Crippen molar-refractivity contribution < 1.29 is 17.6 Å². The minimum atomic E-state index is -4.70. The number of hydrogen-bond acceptors (Lipinski definition) is 4. The van der Waals surface area contributed by atoms with Crippen LogP contribution in [0.5, 0.6) is 0 Å². The van der Waals surface area contributed by atoms with Crippen molar-refractivity contribution in [1.82, 2.24) is 19.5 Å². The molecule has 0 aliphatic heterocycles. The highest BCUT2D eigenvalue weighted by Crippen LogP contribution is 2.36. The van der Waals surface area contributed by atoms with Crippen LogP contribution in [0.2, 0.25) is 0 Å². The molecule has 0 aliphatic rings. The second kappa shape index (κ2) is 9.17. The van der Waals surface area contributed by atoms with Crippen molar-refractivity contribution in [2.24, 2.45) is 0 Å². The molecule has 4 rings (SSSR count). The summed E-state index contributed by atoms with van der Waals surface area (Å²) in [7, 11) is 0. The van der Waals surface area contributed by atoms with Gasteiger partial charge in [-0.25, -0.2) is 23.9 Å². The molecule has 2 heterocycles. The summed E-state index contributed by atoms with van der Waals surface area (Å²) < 4.78 is 54.3. The lowest BCUT2D eigenvalue weighted by atomic mass is 10.1. The Kier molecular flexibility index (Phi) is 6.16. The van der Waals surface area contributed by atoms with Gasteiger partial charge in [0.25, 0.3) is 0 Å². The number of hydrogen-bond donors (Lipinski definition) is 1. The SMILES string of the molecule is Fc1ccc(-c2ncn(C(F)(F)F)c2-c2ccnc(NCCCc3ccccc3)n2)cc1. The van der Waals surface area contributed by atoms with E-state index >= 15 is 0 Å². The van der Waals surface area contributed by atoms with Crippen LogP contribution in [0, 0.1) is 5.82 Å². The molecule has 0 atom stereocenters. The molecule has 4 aromatic rings. The normalized spacial score (nSPS) is 11.5. The average molecular weight is 441 g/mol. The summed E-state index contributed by atoms with van der Waals surface area (Å²) in [5.74, 6) is -0.273. The predicted octanol–water partition coefficient (Wildman–Crippen LogP) is 5.67. The van der Waals surface area contributed by atoms with Crippen LogP contribution < -0.4 is 5.32 Å². The number of rotatable bonds is 7. The standard InChI is InChI=1S/C23H19F4N5/c24-18-10-8-17(9-11-18)20-21(32(15-30-20)23(25,26)27)19-12-14-29-22(31-19)28-13-4-7-16-5-2-1-3-6-16/h1-3,5-6,8-12,14-15H,4,7,13H2,(H,28,29,31). The van der Waals surface area contributed by atoms with Crippen molar-refractivity contribution in [3.63, 3.8) is 0 Å². The van der Waals surface area contributed by atoms with E-state index < -0.39 is 12.1 Å². The third-order valence-electron chi connectivity index (χ3n) is 4.82. The van der Waals surface area contributed by atoms with Crippen LogP contribution >= 0.6 is 0 Å². The molecule has 32 heavy (non-hydrogen) atoms. The fraction of sp³-hybridized carbons (Fsp3) is 0.174. The first-order valence-corrected chi connectivity index (χ1v) is 9.93. The number of aromatic nitrogens is 4. The molecule has 0 spiro atoms. The van der Waals surface area contributed by atoms with E-state index in [1.54, 1.807) is 0 Å². The molecule has 0 saturated heterocycles. The van der Waals surface area contributed by atoms with Crippen LogP contribution in [0.1, 0.15) is 12.0 Å². The molecule has 164 valence electrons. The molecule has 9 heteroatoms. The first-order valence-electron chi connectivity index (χ1n) is 9.93. The fourth-order valence-electron chi connectivity index (χ4n) is 3.32. The number of imidazole rings is 1. The monoisotopic (exact) mass is 441 g/mol. The van der Waals surface area contributed by atoms with Crippen molar-refractivity contribution in [3.05, 3.63) is 84.6 Å². The molecule has 0 aliphatic carbocycles. The average Bonchev–Trinajstić information content (AvgIpc) is 3.24. The summed E-state index contributed by atoms with van der Waals surface area (Å²) in [4.78, 5) is 12.3. The van der Waals surface area contributed by atoms with E-state index in [1.807, 2.05) is 30.3 Å². The molecule has 0 unspecified atom stereocenters. The zero-order valence-corrected chi connectivity index (χ0v) is 16.9. The molecule has 0 fully saturated rings. The van der Waals surface area contributed by atoms with Gasteiger partial charge in [-0.3, -0.25) is 0 Å². The molecule has 0 radical (unpaired) electrons. The second-order valence-corrected chi connectivity index (χ2v) is 7.07. The van der Waals surface area contributed by atoms with Crippen LogP contribution in [0.3, 0.4) is 0 Å². The lowest BCUT2D eigenvalue weighted by molar-refractivity contribution is -0.202. The van der Waals surface area contributed by atoms with Crippen LogP contribution in [-0.2, 0) is 12.7 Å². The maximum Gasteiger partial charge on any atom is 0.490 e. The molecule has 0 bridgehead atoms. The molecular weight excluding hydrogens is 422 g/mol. The molecule has 5 nitrogen and oxygen atoms in total. The van der Waals surface area contributed by atoms with Crippen molar-refractivity contribution in [1.29, 1.82) is 0 Å². The van der Waals surface area contributed by atoms with E-state index in [0.717, 1.165) is 12.8 Å². The first kappa shape index (κ1) is 21.5. The number of anilines is 1. The maximum atomic E-state index is 13.6. The quantitative estimate of drug-likeness (QED) is 0.297. The van der Waals surface area contributed by atoms with Gasteiger partial charge in [0, 0.05) is 18.3 Å². The Morgan fingerprint density at radius 1 is 0.906 bits per heavy atom. The Morgan fingerprint density at radius 3 is 2.38 bits per heavy atom. The third-order valence-corrected chi connectivity index (χ3v) is 4.82. The molecular formula is C23H19F4N5. The van der Waals surface area contributed by atoms with E-state index in [2.05, 4.69) is 20.3 Å². The maximum absolute atomic E-state index is 13.6. The number of nitrogens with one attached hydrogen (secondary N) is 1. The Bertz CT molecular complexity index is 1170. The predicted molar refractivity (Wildman–Crippen MR) is 113 cm³/mol. The Hall–Kier alpha value is -3.75. The van der Waals surface area contributed by atoms with Crippen molar-refractivity contribution in [2.75, 3.05) is 11.9 Å². The number of alkyl halides is 3. The first-order chi connectivity index (χ1) is 15.4. The van der Waals surface area contributed by atoms with Crippen molar-refractivity contribution in [3.8, 4) is 22.6 Å². The highest BCUT2D eigenvalue weighted by molar-refractivity contribution is 5.77. The smallest absolute Gasteiger partial charge is 0.354 e. The van der Waals surface area contributed by atoms with Gasteiger partial charge in [0.15, 0.2) is 0 Å². The van der Waals surface area contributed by atoms with E-state index in [-0.39, 0.29) is 27.6 Å². The van der Waals surface area contributed by atoms with Crippen LogP contribution in [0.15, 0.2) is 73.2 Å². The van der Waals surface area contributed by atoms with E-state index in [0.29, 0.717) is 18.4 Å². The summed E-state index contributed by atoms with van der Waals surface area (Å²) in [6.07, 6.45) is -0.954. The van der Waals surface area contributed by atoms with Gasteiger partial charge in [0.2, 0.25) is 5.95 Å². The number of benzene rings is 2. The number of halogens is 4. The molecule has 2 aromatic carbocycles. The van der Waals surface area contributed by atoms with Gasteiger partial charge in [-0.05, 0) is 48.7 Å². The van der Waals surface area contributed by atoms with Gasteiger partial charge >= 0.3 is 6.30 Å². The van der Waals surface area contributed by atoms with Gasteiger partial charge in [-0.2, -0.15) is 0 Å². The zero-order chi connectivity index (χ0) is 22.6. The number of aryl methyl sites for hydroxylation is 1. The Labute approximate surface area is 181 Å². The molecule has 0 amide bonds. The molecule has 2 aromatic heterocycles. The highest BCUT2D eigenvalue weighted by atomic mass is 19.4. The van der Waals surface area contributed by atoms with Gasteiger partial charge in [-0.15, -0.1) is 13.2 Å².